The lowest BCUT2D eigenvalue weighted by Crippen LogP contribution is -2.33. The maximum atomic E-state index is 6.76. The van der Waals surface area contributed by atoms with Gasteiger partial charge in [-0.25, -0.2) is 9.98 Å². The van der Waals surface area contributed by atoms with Crippen LogP contribution in [0.2, 0.25) is 0 Å². The average Bonchev–Trinajstić information content (AvgIpc) is 3.90. The van der Waals surface area contributed by atoms with Gasteiger partial charge in [-0.15, -0.1) is 0 Å². The average molecular weight is 859 g/mol. The van der Waals surface area contributed by atoms with E-state index in [1.807, 2.05) is 24.3 Å². The van der Waals surface area contributed by atoms with Crippen LogP contribution in [0.4, 0.5) is 5.69 Å². The Kier molecular flexibility index (Phi) is 8.96. The van der Waals surface area contributed by atoms with Crippen molar-refractivity contribution in [1.82, 2.24) is 14.5 Å². The van der Waals surface area contributed by atoms with Crippen molar-refractivity contribution in [2.24, 2.45) is 9.98 Å². The molecule has 1 atom stereocenters. The molecule has 13 rings (SSSR count). The molecule has 0 aliphatic carbocycles. The largest absolute Gasteiger partial charge is 0.399 e. The van der Waals surface area contributed by atoms with E-state index in [2.05, 4.69) is 221 Å². The second kappa shape index (κ2) is 15.6. The molecule has 6 heteroatoms. The minimum absolute atomic E-state index is 0.425. The number of para-hydroxylation sites is 2. The predicted molar refractivity (Wildman–Crippen MR) is 280 cm³/mol. The Labute approximate surface area is 387 Å². The first-order valence-corrected chi connectivity index (χ1v) is 22.7. The number of rotatable bonds is 7. The summed E-state index contributed by atoms with van der Waals surface area (Å²) in [6.07, 6.45) is -0.425. The lowest BCUT2D eigenvalue weighted by molar-refractivity contribution is 0.674. The third-order valence-electron chi connectivity index (χ3n) is 13.3. The first-order chi connectivity index (χ1) is 33.1. The fourth-order valence-electron chi connectivity index (χ4n) is 10.0. The lowest BCUT2D eigenvalue weighted by Gasteiger charge is -2.25. The molecule has 316 valence electrons. The summed E-state index contributed by atoms with van der Waals surface area (Å²) in [4.78, 5) is 10.8. The number of amidine groups is 2. The van der Waals surface area contributed by atoms with Crippen molar-refractivity contribution in [3.63, 3.8) is 0 Å². The topological polar surface area (TPSA) is 72.6 Å². The summed E-state index contributed by atoms with van der Waals surface area (Å²) in [7, 11) is 0. The molecule has 3 heterocycles. The van der Waals surface area contributed by atoms with Crippen LogP contribution in [0, 0.1) is 0 Å². The van der Waals surface area contributed by atoms with Gasteiger partial charge in [-0.2, -0.15) is 0 Å². The number of fused-ring (bicyclic) bond motifs is 7. The number of nitrogens with one attached hydrogen (secondary N) is 1. The van der Waals surface area contributed by atoms with Gasteiger partial charge in [-0.05, 0) is 93.2 Å². The molecule has 0 saturated carbocycles. The first-order valence-electron chi connectivity index (χ1n) is 22.7. The Hall–Kier alpha value is -9.00. The zero-order valence-electron chi connectivity index (χ0n) is 36.4. The molecule has 0 saturated heterocycles. The normalized spacial score (nSPS) is 13.9. The van der Waals surface area contributed by atoms with E-state index in [0.717, 1.165) is 78.0 Å². The highest BCUT2D eigenvalue weighted by Gasteiger charge is 2.26. The summed E-state index contributed by atoms with van der Waals surface area (Å²) in [6, 6.07) is 81.8. The van der Waals surface area contributed by atoms with Gasteiger partial charge in [-0.3, -0.25) is 0 Å². The van der Waals surface area contributed by atoms with E-state index in [9.17, 15) is 0 Å². The van der Waals surface area contributed by atoms with Gasteiger partial charge in [0.15, 0.2) is 5.84 Å². The Morgan fingerprint density at radius 1 is 0.403 bits per heavy atom. The number of benzene rings is 10. The number of hydrogen-bond donors (Lipinski definition) is 2. The molecule has 0 spiro atoms. The summed E-state index contributed by atoms with van der Waals surface area (Å²) in [5.74, 6) is 1.33. The quantitative estimate of drug-likeness (QED) is 0.157. The molecule has 6 nitrogen and oxygen atoms in total. The molecule has 0 bridgehead atoms. The SMILES string of the molecule is Nc1ccc(-n2c3ccccc3c3cc4c5ccccc5n(-c5ccc6ccccc6c5)c4cc32)c(C2=NC(c3ccc(-c4ccccc4)cc3)NC(c3ccc(-c4ccccc4)cc3)=N2)c1. The number of aromatic nitrogens is 2. The Bertz CT molecular complexity index is 3940. The molecule has 1 unspecified atom stereocenters. The van der Waals surface area contributed by atoms with Crippen molar-refractivity contribution in [2.45, 2.75) is 6.17 Å². The van der Waals surface area contributed by atoms with E-state index in [1.54, 1.807) is 0 Å². The molecule has 0 amide bonds. The third kappa shape index (κ3) is 6.57. The summed E-state index contributed by atoms with van der Waals surface area (Å²) in [5, 5.41) is 10.9. The van der Waals surface area contributed by atoms with Gasteiger partial charge in [0.05, 0.1) is 27.8 Å². The van der Waals surface area contributed by atoms with E-state index >= 15 is 0 Å². The zero-order chi connectivity index (χ0) is 44.4. The van der Waals surface area contributed by atoms with Crippen LogP contribution in [0.1, 0.15) is 22.9 Å². The van der Waals surface area contributed by atoms with Gasteiger partial charge in [-0.1, -0.05) is 176 Å². The molecule has 0 fully saturated rings. The van der Waals surface area contributed by atoms with E-state index < -0.39 is 6.17 Å². The molecular formula is C61H42N6. The molecule has 1 aliphatic heterocycles. The van der Waals surface area contributed by atoms with Crippen molar-refractivity contribution in [1.29, 1.82) is 0 Å². The second-order valence-corrected chi connectivity index (χ2v) is 17.3. The van der Waals surface area contributed by atoms with E-state index in [0.29, 0.717) is 11.5 Å². The van der Waals surface area contributed by atoms with E-state index in [1.165, 1.54) is 32.5 Å². The van der Waals surface area contributed by atoms with Crippen LogP contribution in [0.3, 0.4) is 0 Å². The summed E-state index contributed by atoms with van der Waals surface area (Å²) < 4.78 is 4.78. The van der Waals surface area contributed by atoms with Crippen LogP contribution in [0.5, 0.6) is 0 Å². The molecule has 3 N–H and O–H groups in total. The number of aliphatic imine (C=N–C) groups is 2. The number of nitrogen functional groups attached to an aromatic ring is 1. The maximum absolute atomic E-state index is 6.76. The Morgan fingerprint density at radius 2 is 0.955 bits per heavy atom. The zero-order valence-corrected chi connectivity index (χ0v) is 36.4. The van der Waals surface area contributed by atoms with Gasteiger partial charge in [0.2, 0.25) is 0 Å². The number of anilines is 1. The smallest absolute Gasteiger partial charge is 0.161 e. The summed E-state index contributed by atoms with van der Waals surface area (Å²) >= 11 is 0. The van der Waals surface area contributed by atoms with Crippen molar-refractivity contribution in [3.8, 4) is 33.6 Å². The van der Waals surface area contributed by atoms with Crippen LogP contribution in [0.25, 0.3) is 88.0 Å². The fraction of sp³-hybridized carbons (Fsp3) is 0.0164. The molecule has 1 aliphatic rings. The van der Waals surface area contributed by atoms with Crippen LogP contribution in [0.15, 0.2) is 241 Å². The molecule has 10 aromatic carbocycles. The van der Waals surface area contributed by atoms with E-state index in [-0.39, 0.29) is 0 Å². The van der Waals surface area contributed by atoms with Crippen LogP contribution >= 0.6 is 0 Å². The van der Waals surface area contributed by atoms with Crippen LogP contribution < -0.4 is 11.1 Å². The number of nitrogens with zero attached hydrogens (tertiary/aromatic N) is 4. The Morgan fingerprint density at radius 3 is 1.64 bits per heavy atom. The number of hydrogen-bond acceptors (Lipinski definition) is 4. The molecule has 67 heavy (non-hydrogen) atoms. The highest BCUT2D eigenvalue weighted by molar-refractivity contribution is 6.20. The van der Waals surface area contributed by atoms with Gasteiger partial charge >= 0.3 is 0 Å². The Balaban J connectivity index is 1.02. The first kappa shape index (κ1) is 38.5. The van der Waals surface area contributed by atoms with Crippen molar-refractivity contribution in [2.75, 3.05) is 5.73 Å². The minimum atomic E-state index is -0.425. The predicted octanol–water partition coefficient (Wildman–Crippen LogP) is 14.4. The van der Waals surface area contributed by atoms with Gasteiger partial charge < -0.3 is 20.2 Å². The molecule has 0 radical (unpaired) electrons. The summed E-state index contributed by atoms with van der Waals surface area (Å²) in [5.41, 5.74) is 21.3. The monoisotopic (exact) mass is 858 g/mol. The van der Waals surface area contributed by atoms with Crippen molar-refractivity contribution < 1.29 is 0 Å². The lowest BCUT2D eigenvalue weighted by atomic mass is 10.0. The molecule has 12 aromatic rings. The van der Waals surface area contributed by atoms with Gasteiger partial charge in [0, 0.05) is 44.0 Å². The molecular weight excluding hydrogens is 817 g/mol. The second-order valence-electron chi connectivity index (χ2n) is 17.3. The van der Waals surface area contributed by atoms with E-state index in [4.69, 9.17) is 15.7 Å². The van der Waals surface area contributed by atoms with Gasteiger partial charge in [0.1, 0.15) is 12.0 Å². The van der Waals surface area contributed by atoms with Crippen LogP contribution in [-0.2, 0) is 0 Å². The third-order valence-corrected chi connectivity index (χ3v) is 13.3. The number of nitrogens with two attached hydrogens (primary N) is 1. The summed E-state index contributed by atoms with van der Waals surface area (Å²) in [6.45, 7) is 0. The fourth-order valence-corrected chi connectivity index (χ4v) is 10.0. The highest BCUT2D eigenvalue weighted by Crippen LogP contribution is 2.41. The molecule has 2 aromatic heterocycles. The standard InChI is InChI=1S/C61H42N6/c62-47-32-34-56(67-55-22-12-10-20-50(55)52-37-51-49-19-9-11-21-54(49)66(57(51)38-58(52)67)48-33-31-41-17-7-8-18-46(41)35-48)53(36-47)61-64-59(44-27-23-42(24-28-44)39-13-3-1-4-14-39)63-60(65-61)45-29-25-43(26-30-45)40-15-5-2-6-16-40/h1-38,59H,62H2,(H,63,64,65). The maximum Gasteiger partial charge on any atom is 0.161 e. The van der Waals surface area contributed by atoms with Gasteiger partial charge in [0.25, 0.3) is 0 Å². The van der Waals surface area contributed by atoms with Crippen molar-refractivity contribution >= 4 is 71.7 Å². The van der Waals surface area contributed by atoms with Crippen LogP contribution in [-0.4, -0.2) is 20.8 Å². The van der Waals surface area contributed by atoms with Crippen molar-refractivity contribution in [3.05, 3.63) is 247 Å². The minimum Gasteiger partial charge on any atom is -0.399 e. The highest BCUT2D eigenvalue weighted by atomic mass is 15.2.